The molecule has 2 aromatic carbocycles. The number of fused-ring (bicyclic) bond motifs is 5. The van der Waals surface area contributed by atoms with Crippen molar-refractivity contribution in [1.29, 1.82) is 0 Å². The Morgan fingerprint density at radius 1 is 0.925 bits per heavy atom. The van der Waals surface area contributed by atoms with Crippen molar-refractivity contribution in [2.75, 3.05) is 6.54 Å². The highest BCUT2D eigenvalue weighted by Crippen LogP contribution is 2.63. The lowest BCUT2D eigenvalue weighted by atomic mass is 9.80. The van der Waals surface area contributed by atoms with Gasteiger partial charge < -0.3 is 19.3 Å². The van der Waals surface area contributed by atoms with Gasteiger partial charge in [-0.25, -0.2) is 4.98 Å². The number of hydrogen-bond donors (Lipinski definition) is 1. The van der Waals surface area contributed by atoms with E-state index in [0.717, 1.165) is 53.1 Å². The highest BCUT2D eigenvalue weighted by Gasteiger charge is 2.58. The fourth-order valence-corrected chi connectivity index (χ4v) is 7.41. The number of pyridine rings is 1. The third kappa shape index (κ3) is 4.24. The number of hydrogen-bond acceptors (Lipinski definition) is 4. The zero-order valence-corrected chi connectivity index (χ0v) is 22.5. The summed E-state index contributed by atoms with van der Waals surface area (Å²) in [5.41, 5.74) is 3.76. The summed E-state index contributed by atoms with van der Waals surface area (Å²) in [5, 5.41) is 10.9. The molecule has 7 heteroatoms. The largest absolute Gasteiger partial charge is 0.481 e. The Morgan fingerprint density at radius 3 is 2.40 bits per heavy atom. The molecule has 2 saturated carbocycles. The topological polar surface area (TPSA) is 84.7 Å². The van der Waals surface area contributed by atoms with Crippen molar-refractivity contribution in [2.24, 2.45) is 10.8 Å². The van der Waals surface area contributed by atoms with E-state index in [2.05, 4.69) is 22.8 Å². The van der Waals surface area contributed by atoms with Gasteiger partial charge in [0.05, 0.1) is 12.0 Å². The molecule has 0 spiro atoms. The maximum atomic E-state index is 13.6. The molecule has 2 fully saturated rings. The Bertz CT molecular complexity index is 1580. The Kier molecular flexibility index (Phi) is 5.91. The van der Waals surface area contributed by atoms with Crippen molar-refractivity contribution in [1.82, 2.24) is 14.5 Å². The summed E-state index contributed by atoms with van der Waals surface area (Å²) in [7, 11) is 0. The first-order valence-electron chi connectivity index (χ1n) is 14.2. The van der Waals surface area contributed by atoms with Gasteiger partial charge in [0.25, 0.3) is 0 Å². The molecule has 4 aromatic rings. The summed E-state index contributed by atoms with van der Waals surface area (Å²) in [4.78, 5) is 32.3. The van der Waals surface area contributed by atoms with Crippen LogP contribution in [0.1, 0.15) is 55.3 Å². The lowest BCUT2D eigenvalue weighted by Gasteiger charge is -2.33. The molecule has 3 aliphatic rings. The minimum atomic E-state index is -0.682. The predicted molar refractivity (Wildman–Crippen MR) is 151 cm³/mol. The van der Waals surface area contributed by atoms with Crippen LogP contribution in [-0.2, 0) is 29.1 Å². The first-order valence-corrected chi connectivity index (χ1v) is 14.2. The molecular weight excluding hydrogens is 502 g/mol. The van der Waals surface area contributed by atoms with Gasteiger partial charge in [-0.2, -0.15) is 0 Å². The van der Waals surface area contributed by atoms with Crippen LogP contribution in [0, 0.1) is 10.8 Å². The van der Waals surface area contributed by atoms with Crippen LogP contribution in [0.5, 0.6) is 11.5 Å². The van der Waals surface area contributed by atoms with Crippen LogP contribution in [0.3, 0.4) is 0 Å². The van der Waals surface area contributed by atoms with Gasteiger partial charge in [0.15, 0.2) is 0 Å². The maximum absolute atomic E-state index is 13.6. The molecule has 1 aliphatic heterocycles. The van der Waals surface area contributed by atoms with Gasteiger partial charge >= 0.3 is 5.97 Å². The number of carboxylic acid groups (broad SMARTS) is 1. The van der Waals surface area contributed by atoms with Crippen molar-refractivity contribution in [3.8, 4) is 11.5 Å². The van der Waals surface area contributed by atoms with Gasteiger partial charge in [0.1, 0.15) is 17.1 Å². The summed E-state index contributed by atoms with van der Waals surface area (Å²) >= 11 is 0. The Balaban J connectivity index is 1.12. The molecule has 3 heterocycles. The van der Waals surface area contributed by atoms with E-state index >= 15 is 0 Å². The highest BCUT2D eigenvalue weighted by molar-refractivity contribution is 5.84. The molecule has 0 saturated heterocycles. The second kappa shape index (κ2) is 9.51. The number of carboxylic acids is 1. The van der Waals surface area contributed by atoms with Gasteiger partial charge in [-0.05, 0) is 91.5 Å². The second-order valence-electron chi connectivity index (χ2n) is 11.9. The summed E-state index contributed by atoms with van der Waals surface area (Å²) in [6.45, 7) is 1.90. The predicted octanol–water partition coefficient (Wildman–Crippen LogP) is 6.19. The Labute approximate surface area is 233 Å². The van der Waals surface area contributed by atoms with Gasteiger partial charge in [-0.15, -0.1) is 0 Å². The average molecular weight is 536 g/mol. The van der Waals surface area contributed by atoms with E-state index < -0.39 is 11.4 Å². The van der Waals surface area contributed by atoms with E-state index in [1.165, 1.54) is 5.56 Å². The van der Waals surface area contributed by atoms with E-state index in [-0.39, 0.29) is 11.3 Å². The number of ether oxygens (including phenoxy) is 1. The minimum Gasteiger partial charge on any atom is -0.481 e. The number of amides is 1. The van der Waals surface area contributed by atoms with Crippen LogP contribution in [-0.4, -0.2) is 38.0 Å². The molecule has 1 N–H and O–H groups in total. The van der Waals surface area contributed by atoms with E-state index in [1.807, 2.05) is 59.6 Å². The maximum Gasteiger partial charge on any atom is 0.309 e. The van der Waals surface area contributed by atoms with Gasteiger partial charge in [-0.1, -0.05) is 30.3 Å². The first kappa shape index (κ1) is 24.9. The number of carbonyl (C=O) groups excluding carboxylic acids is 1. The van der Waals surface area contributed by atoms with Crippen molar-refractivity contribution in [2.45, 2.75) is 58.0 Å². The quantitative estimate of drug-likeness (QED) is 0.305. The smallest absolute Gasteiger partial charge is 0.309 e. The van der Waals surface area contributed by atoms with Gasteiger partial charge in [0.2, 0.25) is 5.91 Å². The fraction of sp³-hybridized carbons (Fsp3) is 0.364. The van der Waals surface area contributed by atoms with E-state index in [4.69, 9.17) is 9.72 Å². The lowest BCUT2D eigenvalue weighted by molar-refractivity contribution is -0.148. The number of aliphatic carboxylic acids is 1. The van der Waals surface area contributed by atoms with Crippen molar-refractivity contribution >= 4 is 22.9 Å². The van der Waals surface area contributed by atoms with Crippen LogP contribution >= 0.6 is 0 Å². The molecule has 2 aromatic heterocycles. The standard InChI is InChI=1S/C33H33N3O4/c37-29(19-32-13-15-33(22-32,16-14-32)31(38)39)35-18-12-26-27-7-4-17-34-30(27)36(28(26)21-35)20-23-8-10-25(11-9-23)40-24-5-2-1-3-6-24/h1-11,17H,12-16,18-22H2,(H,38,39). The summed E-state index contributed by atoms with van der Waals surface area (Å²) < 4.78 is 8.23. The van der Waals surface area contributed by atoms with E-state index in [0.29, 0.717) is 45.3 Å². The average Bonchev–Trinajstić information content (AvgIpc) is 3.64. The monoisotopic (exact) mass is 535 g/mol. The Hall–Kier alpha value is -4.13. The summed E-state index contributed by atoms with van der Waals surface area (Å²) in [6, 6.07) is 22.0. The van der Waals surface area contributed by atoms with Crippen LogP contribution < -0.4 is 4.74 Å². The molecule has 40 heavy (non-hydrogen) atoms. The number of nitrogens with zero attached hydrogens (tertiary/aromatic N) is 3. The molecular formula is C33H33N3O4. The van der Waals surface area contributed by atoms with E-state index in [1.54, 1.807) is 0 Å². The number of rotatable bonds is 7. The second-order valence-corrected chi connectivity index (χ2v) is 11.9. The fourth-order valence-electron chi connectivity index (χ4n) is 7.41. The third-order valence-electron chi connectivity index (χ3n) is 9.57. The number of benzene rings is 2. The van der Waals surface area contributed by atoms with Gasteiger partial charge in [0, 0.05) is 36.8 Å². The summed E-state index contributed by atoms with van der Waals surface area (Å²) in [6.07, 6.45) is 6.83. The molecule has 0 radical (unpaired) electrons. The van der Waals surface area contributed by atoms with Crippen LogP contribution in [0.25, 0.3) is 11.0 Å². The summed E-state index contributed by atoms with van der Waals surface area (Å²) in [5.74, 6) is 1.06. The number of carbonyl (C=O) groups is 2. The first-order chi connectivity index (χ1) is 19.4. The zero-order valence-electron chi connectivity index (χ0n) is 22.5. The highest BCUT2D eigenvalue weighted by atomic mass is 16.5. The van der Waals surface area contributed by atoms with Crippen molar-refractivity contribution in [3.05, 3.63) is 89.7 Å². The van der Waals surface area contributed by atoms with Crippen molar-refractivity contribution in [3.63, 3.8) is 0 Å². The molecule has 7 rings (SSSR count). The zero-order chi connectivity index (χ0) is 27.3. The minimum absolute atomic E-state index is 0.145. The van der Waals surface area contributed by atoms with Crippen LogP contribution in [0.15, 0.2) is 72.9 Å². The van der Waals surface area contributed by atoms with Crippen LogP contribution in [0.4, 0.5) is 0 Å². The third-order valence-corrected chi connectivity index (χ3v) is 9.57. The van der Waals surface area contributed by atoms with Gasteiger partial charge in [-0.3, -0.25) is 9.59 Å². The molecule has 2 bridgehead atoms. The number of para-hydroxylation sites is 1. The molecule has 7 nitrogen and oxygen atoms in total. The molecule has 0 atom stereocenters. The lowest BCUT2D eigenvalue weighted by Crippen LogP contribution is -2.39. The molecule has 1 amide bonds. The molecule has 204 valence electrons. The number of aromatic nitrogens is 2. The van der Waals surface area contributed by atoms with Crippen molar-refractivity contribution < 1.29 is 19.4 Å². The molecule has 0 unspecified atom stereocenters. The van der Waals surface area contributed by atoms with E-state index in [9.17, 15) is 14.7 Å². The normalized spacial score (nSPS) is 23.4. The SMILES string of the molecule is O=C(CC12CCC(C(=O)O)(CC1)C2)N1CCc2c(n(Cc3ccc(Oc4ccccc4)cc3)c3ncccc23)C1. The van der Waals surface area contributed by atoms with Crippen LogP contribution in [0.2, 0.25) is 0 Å². The molecule has 2 aliphatic carbocycles. The Morgan fingerprint density at radius 2 is 1.68 bits per heavy atom.